The van der Waals surface area contributed by atoms with Gasteiger partial charge in [-0.1, -0.05) is 19.1 Å². The van der Waals surface area contributed by atoms with Gasteiger partial charge in [0.25, 0.3) is 0 Å². The summed E-state index contributed by atoms with van der Waals surface area (Å²) in [6, 6.07) is 5.00. The summed E-state index contributed by atoms with van der Waals surface area (Å²) in [6.07, 6.45) is 4.81. The number of likely N-dealkylation sites (tertiary alicyclic amines) is 1. The molecule has 1 aliphatic heterocycles. The summed E-state index contributed by atoms with van der Waals surface area (Å²) in [5.74, 6) is -0.161. The minimum absolute atomic E-state index is 0.0546. The van der Waals surface area contributed by atoms with Gasteiger partial charge in [0.1, 0.15) is 5.82 Å². The zero-order chi connectivity index (χ0) is 22.2. The molecule has 1 saturated heterocycles. The van der Waals surface area contributed by atoms with Gasteiger partial charge in [-0.05, 0) is 43.4 Å². The summed E-state index contributed by atoms with van der Waals surface area (Å²) in [4.78, 5) is 31.5. The standard InChI is InChI=1S/C22H30FN5O2S/c1-3-8-24-20(29)14-28-9-6-17(7-10-28)26-21(30)27-22-25-13-18(31-22)11-16-5-4-15(2)19(23)12-16/h4-5,12-13,17H,3,6-11,14H2,1-2H3,(H,24,29)(H2,25,26,27,30). The van der Waals surface area contributed by atoms with Crippen LogP contribution in [0, 0.1) is 12.7 Å². The summed E-state index contributed by atoms with van der Waals surface area (Å²) in [5, 5.41) is 9.18. The van der Waals surface area contributed by atoms with Crippen molar-refractivity contribution in [2.45, 2.75) is 45.6 Å². The zero-order valence-corrected chi connectivity index (χ0v) is 18.9. The van der Waals surface area contributed by atoms with Crippen LogP contribution in [0.4, 0.5) is 14.3 Å². The number of anilines is 1. The predicted octanol–water partition coefficient (Wildman–Crippen LogP) is 3.29. The highest BCUT2D eigenvalue weighted by molar-refractivity contribution is 7.15. The van der Waals surface area contributed by atoms with Crippen molar-refractivity contribution in [2.24, 2.45) is 0 Å². The van der Waals surface area contributed by atoms with Crippen molar-refractivity contribution in [3.05, 3.63) is 46.2 Å². The molecule has 168 valence electrons. The summed E-state index contributed by atoms with van der Waals surface area (Å²) >= 11 is 1.38. The fourth-order valence-corrected chi connectivity index (χ4v) is 4.31. The Morgan fingerprint density at radius 2 is 2.06 bits per heavy atom. The molecule has 0 radical (unpaired) electrons. The second kappa shape index (κ2) is 11.2. The van der Waals surface area contributed by atoms with Crippen molar-refractivity contribution in [2.75, 3.05) is 31.5 Å². The molecule has 0 spiro atoms. The number of halogens is 1. The van der Waals surface area contributed by atoms with Crippen LogP contribution in [-0.2, 0) is 11.2 Å². The molecule has 9 heteroatoms. The minimum Gasteiger partial charge on any atom is -0.355 e. The van der Waals surface area contributed by atoms with E-state index in [1.807, 2.05) is 13.0 Å². The van der Waals surface area contributed by atoms with E-state index in [0.29, 0.717) is 30.2 Å². The number of thiazole rings is 1. The van der Waals surface area contributed by atoms with E-state index in [1.165, 1.54) is 17.4 Å². The van der Waals surface area contributed by atoms with Gasteiger partial charge in [-0.2, -0.15) is 0 Å². The molecule has 0 aliphatic carbocycles. The van der Waals surface area contributed by atoms with E-state index in [9.17, 15) is 14.0 Å². The molecule has 3 N–H and O–H groups in total. The first-order chi connectivity index (χ1) is 14.9. The van der Waals surface area contributed by atoms with Gasteiger partial charge >= 0.3 is 6.03 Å². The molecular formula is C22H30FN5O2S. The highest BCUT2D eigenvalue weighted by atomic mass is 32.1. The van der Waals surface area contributed by atoms with Crippen LogP contribution < -0.4 is 16.0 Å². The molecule has 7 nitrogen and oxygen atoms in total. The lowest BCUT2D eigenvalue weighted by Crippen LogP contribution is -2.48. The molecule has 1 fully saturated rings. The maximum absolute atomic E-state index is 13.7. The van der Waals surface area contributed by atoms with Gasteiger partial charge in [-0.3, -0.25) is 15.0 Å². The number of carbonyl (C=O) groups excluding carboxylic acids is 2. The van der Waals surface area contributed by atoms with Gasteiger partial charge in [0.15, 0.2) is 5.13 Å². The second-order valence-electron chi connectivity index (χ2n) is 7.89. The maximum Gasteiger partial charge on any atom is 0.321 e. The molecule has 3 rings (SSSR count). The zero-order valence-electron chi connectivity index (χ0n) is 18.0. The molecule has 1 aromatic carbocycles. The molecule has 0 unspecified atom stereocenters. The fraction of sp³-hybridized carbons (Fsp3) is 0.500. The third-order valence-corrected chi connectivity index (χ3v) is 6.16. The third-order valence-electron chi connectivity index (χ3n) is 5.25. The van der Waals surface area contributed by atoms with E-state index in [2.05, 4.69) is 25.8 Å². The van der Waals surface area contributed by atoms with Crippen molar-refractivity contribution in [1.82, 2.24) is 20.5 Å². The Morgan fingerprint density at radius 3 is 2.77 bits per heavy atom. The SMILES string of the molecule is CCCNC(=O)CN1CCC(NC(=O)Nc2ncc(Cc3ccc(C)c(F)c3)s2)CC1. The lowest BCUT2D eigenvalue weighted by Gasteiger charge is -2.31. The Bertz CT molecular complexity index is 896. The third kappa shape index (κ3) is 7.29. The Balaban J connectivity index is 1.40. The quantitative estimate of drug-likeness (QED) is 0.580. The molecule has 0 bridgehead atoms. The van der Waals surface area contributed by atoms with Crippen LogP contribution in [-0.4, -0.2) is 54.0 Å². The molecule has 1 aromatic heterocycles. The van der Waals surface area contributed by atoms with Gasteiger partial charge in [-0.15, -0.1) is 11.3 Å². The van der Waals surface area contributed by atoms with E-state index >= 15 is 0 Å². The summed E-state index contributed by atoms with van der Waals surface area (Å²) in [7, 11) is 0. The fourth-order valence-electron chi connectivity index (χ4n) is 3.47. The largest absolute Gasteiger partial charge is 0.355 e. The summed E-state index contributed by atoms with van der Waals surface area (Å²) in [6.45, 7) is 6.43. The molecular weight excluding hydrogens is 417 g/mol. The van der Waals surface area contributed by atoms with E-state index in [0.717, 1.165) is 42.8 Å². The van der Waals surface area contributed by atoms with Crippen LogP contribution >= 0.6 is 11.3 Å². The Morgan fingerprint density at radius 1 is 1.29 bits per heavy atom. The normalized spacial score (nSPS) is 14.9. The van der Waals surface area contributed by atoms with Gasteiger partial charge in [0, 0.05) is 43.2 Å². The number of hydrogen-bond donors (Lipinski definition) is 3. The summed E-state index contributed by atoms with van der Waals surface area (Å²) in [5.41, 5.74) is 1.50. The lowest BCUT2D eigenvalue weighted by molar-refractivity contribution is -0.122. The minimum atomic E-state index is -0.276. The molecule has 3 amide bonds. The van der Waals surface area contributed by atoms with Gasteiger partial charge < -0.3 is 10.6 Å². The number of amides is 3. The van der Waals surface area contributed by atoms with Crippen LogP contribution in [0.25, 0.3) is 0 Å². The predicted molar refractivity (Wildman–Crippen MR) is 121 cm³/mol. The van der Waals surface area contributed by atoms with E-state index in [4.69, 9.17) is 0 Å². The van der Waals surface area contributed by atoms with Gasteiger partial charge in [0.05, 0.1) is 6.54 Å². The van der Waals surface area contributed by atoms with Gasteiger partial charge in [-0.25, -0.2) is 14.2 Å². The van der Waals surface area contributed by atoms with E-state index < -0.39 is 0 Å². The molecule has 2 heterocycles. The number of aromatic nitrogens is 1. The van der Waals surface area contributed by atoms with Crippen molar-refractivity contribution in [1.29, 1.82) is 0 Å². The van der Waals surface area contributed by atoms with Crippen molar-refractivity contribution in [3.63, 3.8) is 0 Å². The van der Waals surface area contributed by atoms with Crippen LogP contribution in [0.1, 0.15) is 42.2 Å². The smallest absolute Gasteiger partial charge is 0.321 e. The Hall–Kier alpha value is -2.52. The van der Waals surface area contributed by atoms with Gasteiger partial charge in [0.2, 0.25) is 5.91 Å². The van der Waals surface area contributed by atoms with Crippen LogP contribution in [0.2, 0.25) is 0 Å². The summed E-state index contributed by atoms with van der Waals surface area (Å²) < 4.78 is 13.7. The van der Waals surface area contributed by atoms with E-state index in [1.54, 1.807) is 19.2 Å². The van der Waals surface area contributed by atoms with Crippen LogP contribution in [0.3, 0.4) is 0 Å². The first kappa shape index (κ1) is 23.1. The van der Waals surface area contributed by atoms with Crippen molar-refractivity contribution in [3.8, 4) is 0 Å². The number of urea groups is 1. The number of nitrogens with one attached hydrogen (secondary N) is 3. The van der Waals surface area contributed by atoms with Crippen LogP contribution in [0.15, 0.2) is 24.4 Å². The molecule has 1 aliphatic rings. The van der Waals surface area contributed by atoms with E-state index in [-0.39, 0.29) is 23.8 Å². The second-order valence-corrected chi connectivity index (χ2v) is 9.01. The molecule has 0 saturated carbocycles. The number of piperidine rings is 1. The average Bonchev–Trinajstić information content (AvgIpc) is 3.17. The number of aryl methyl sites for hydroxylation is 1. The lowest BCUT2D eigenvalue weighted by atomic mass is 10.1. The first-order valence-electron chi connectivity index (χ1n) is 10.7. The number of hydrogen-bond acceptors (Lipinski definition) is 5. The molecule has 2 aromatic rings. The monoisotopic (exact) mass is 447 g/mol. The topological polar surface area (TPSA) is 86.4 Å². The Kier molecular flexibility index (Phi) is 8.36. The van der Waals surface area contributed by atoms with Crippen LogP contribution in [0.5, 0.6) is 0 Å². The maximum atomic E-state index is 13.7. The number of benzene rings is 1. The van der Waals surface area contributed by atoms with Crippen molar-refractivity contribution < 1.29 is 14.0 Å². The highest BCUT2D eigenvalue weighted by Crippen LogP contribution is 2.22. The first-order valence-corrected chi connectivity index (χ1v) is 11.5. The number of nitrogens with zero attached hydrogens (tertiary/aromatic N) is 2. The Labute approximate surface area is 186 Å². The van der Waals surface area contributed by atoms with Crippen molar-refractivity contribution >= 4 is 28.4 Å². The molecule has 31 heavy (non-hydrogen) atoms. The number of rotatable bonds is 8. The molecule has 0 atom stereocenters. The highest BCUT2D eigenvalue weighted by Gasteiger charge is 2.22. The average molecular weight is 448 g/mol. The number of carbonyl (C=O) groups is 2.